The summed E-state index contributed by atoms with van der Waals surface area (Å²) in [5.74, 6) is 1.95. The molecule has 0 saturated heterocycles. The summed E-state index contributed by atoms with van der Waals surface area (Å²) in [7, 11) is 4.11. The number of aromatic nitrogens is 2. The number of nitrogens with one attached hydrogen (secondary N) is 1. The number of aryl methyl sites for hydroxylation is 1. The lowest BCUT2D eigenvalue weighted by atomic mass is 9.74. The van der Waals surface area contributed by atoms with Crippen molar-refractivity contribution in [2.75, 3.05) is 13.7 Å². The molecule has 0 spiro atoms. The number of imidazole rings is 1. The molecule has 1 atom stereocenters. The van der Waals surface area contributed by atoms with Crippen molar-refractivity contribution in [1.29, 1.82) is 0 Å². The standard InChI is InChI=1S/C16H29N3O/c1-5-20-16(8-6-13(2)7-9-16)14(17-3)12-15-18-10-11-19(15)4/h10-11,13-14,17H,5-9,12H2,1-4H3. The van der Waals surface area contributed by atoms with Crippen LogP contribution in [0.2, 0.25) is 0 Å². The highest BCUT2D eigenvalue weighted by molar-refractivity contribution is 5.03. The Morgan fingerprint density at radius 2 is 2.20 bits per heavy atom. The Labute approximate surface area is 122 Å². The van der Waals surface area contributed by atoms with Crippen LogP contribution in [0.25, 0.3) is 0 Å². The average molecular weight is 279 g/mol. The SMILES string of the molecule is CCOC1(C(Cc2nccn2C)NC)CCC(C)CC1. The van der Waals surface area contributed by atoms with Crippen LogP contribution in [0.4, 0.5) is 0 Å². The van der Waals surface area contributed by atoms with Gasteiger partial charge in [-0.3, -0.25) is 0 Å². The molecule has 1 saturated carbocycles. The molecule has 1 aromatic rings. The molecule has 0 radical (unpaired) electrons. The molecule has 1 heterocycles. The van der Waals surface area contributed by atoms with E-state index in [0.29, 0.717) is 6.04 Å². The fraction of sp³-hybridized carbons (Fsp3) is 0.812. The van der Waals surface area contributed by atoms with Crippen molar-refractivity contribution in [3.63, 3.8) is 0 Å². The molecule has 1 N–H and O–H groups in total. The molecule has 1 aliphatic rings. The third kappa shape index (κ3) is 3.23. The molecule has 1 fully saturated rings. The summed E-state index contributed by atoms with van der Waals surface area (Å²) in [6.45, 7) is 5.24. The monoisotopic (exact) mass is 279 g/mol. The van der Waals surface area contributed by atoms with Crippen LogP contribution in [-0.2, 0) is 18.2 Å². The average Bonchev–Trinajstić information content (AvgIpc) is 2.84. The van der Waals surface area contributed by atoms with E-state index in [1.54, 1.807) is 0 Å². The predicted octanol–water partition coefficient (Wildman–Crippen LogP) is 2.54. The molecule has 4 nitrogen and oxygen atoms in total. The molecule has 114 valence electrons. The lowest BCUT2D eigenvalue weighted by molar-refractivity contribution is -0.0951. The number of rotatable bonds is 6. The van der Waals surface area contributed by atoms with Crippen LogP contribution in [0.3, 0.4) is 0 Å². The maximum Gasteiger partial charge on any atom is 0.110 e. The summed E-state index contributed by atoms with van der Waals surface area (Å²) in [6.07, 6.45) is 9.64. The summed E-state index contributed by atoms with van der Waals surface area (Å²) in [4.78, 5) is 4.47. The van der Waals surface area contributed by atoms with Crippen molar-refractivity contribution in [3.8, 4) is 0 Å². The van der Waals surface area contributed by atoms with E-state index in [2.05, 4.69) is 35.8 Å². The predicted molar refractivity (Wildman–Crippen MR) is 81.7 cm³/mol. The third-order valence-electron chi connectivity index (χ3n) is 4.84. The van der Waals surface area contributed by atoms with Crippen LogP contribution < -0.4 is 5.32 Å². The van der Waals surface area contributed by atoms with E-state index in [9.17, 15) is 0 Å². The van der Waals surface area contributed by atoms with Gasteiger partial charge in [0.05, 0.1) is 5.60 Å². The molecule has 2 rings (SSSR count). The second-order valence-electron chi connectivity index (χ2n) is 6.18. The largest absolute Gasteiger partial charge is 0.374 e. The van der Waals surface area contributed by atoms with Gasteiger partial charge >= 0.3 is 0 Å². The highest BCUT2D eigenvalue weighted by Gasteiger charge is 2.41. The lowest BCUT2D eigenvalue weighted by Gasteiger charge is -2.44. The van der Waals surface area contributed by atoms with Crippen LogP contribution >= 0.6 is 0 Å². The van der Waals surface area contributed by atoms with Gasteiger partial charge in [-0.2, -0.15) is 0 Å². The number of nitrogens with zero attached hydrogens (tertiary/aromatic N) is 2. The van der Waals surface area contributed by atoms with E-state index in [1.165, 1.54) is 12.8 Å². The molecule has 0 amide bonds. The Hall–Kier alpha value is -0.870. The van der Waals surface area contributed by atoms with E-state index in [4.69, 9.17) is 4.74 Å². The minimum Gasteiger partial charge on any atom is -0.374 e. The van der Waals surface area contributed by atoms with Crippen LogP contribution in [0, 0.1) is 5.92 Å². The van der Waals surface area contributed by atoms with E-state index in [1.807, 2.05) is 19.4 Å². The summed E-state index contributed by atoms with van der Waals surface area (Å²) in [5.41, 5.74) is -0.0258. The number of hydrogen-bond donors (Lipinski definition) is 1. The molecule has 0 aliphatic heterocycles. The smallest absolute Gasteiger partial charge is 0.110 e. The maximum absolute atomic E-state index is 6.26. The Morgan fingerprint density at radius 3 is 2.70 bits per heavy atom. The van der Waals surface area contributed by atoms with Crippen LogP contribution in [-0.4, -0.2) is 34.8 Å². The van der Waals surface area contributed by atoms with E-state index in [0.717, 1.165) is 37.6 Å². The molecule has 4 heteroatoms. The van der Waals surface area contributed by atoms with Gasteiger partial charge in [-0.1, -0.05) is 6.92 Å². The van der Waals surface area contributed by atoms with Gasteiger partial charge < -0.3 is 14.6 Å². The van der Waals surface area contributed by atoms with E-state index in [-0.39, 0.29) is 5.60 Å². The van der Waals surface area contributed by atoms with Crippen molar-refractivity contribution in [2.24, 2.45) is 13.0 Å². The number of hydrogen-bond acceptors (Lipinski definition) is 3. The van der Waals surface area contributed by atoms with Gasteiger partial charge in [0.2, 0.25) is 0 Å². The second kappa shape index (κ2) is 6.72. The van der Waals surface area contributed by atoms with Crippen molar-refractivity contribution < 1.29 is 4.74 Å². The zero-order valence-electron chi connectivity index (χ0n) is 13.4. The normalized spacial score (nSPS) is 28.5. The van der Waals surface area contributed by atoms with Crippen molar-refractivity contribution in [2.45, 2.75) is 57.6 Å². The van der Waals surface area contributed by atoms with Gasteiger partial charge in [-0.25, -0.2) is 4.98 Å². The molecular weight excluding hydrogens is 250 g/mol. The van der Waals surface area contributed by atoms with Gasteiger partial charge in [-0.05, 0) is 45.6 Å². The van der Waals surface area contributed by atoms with Gasteiger partial charge in [0.25, 0.3) is 0 Å². The maximum atomic E-state index is 6.26. The second-order valence-corrected chi connectivity index (χ2v) is 6.18. The first-order valence-electron chi connectivity index (χ1n) is 7.88. The number of ether oxygens (including phenoxy) is 1. The van der Waals surface area contributed by atoms with Crippen molar-refractivity contribution in [1.82, 2.24) is 14.9 Å². The Balaban J connectivity index is 2.15. The topological polar surface area (TPSA) is 39.1 Å². The van der Waals surface area contributed by atoms with Crippen molar-refractivity contribution >= 4 is 0 Å². The molecule has 20 heavy (non-hydrogen) atoms. The first-order chi connectivity index (χ1) is 9.61. The molecule has 0 aromatic carbocycles. The first kappa shape index (κ1) is 15.5. The van der Waals surface area contributed by atoms with Gasteiger partial charge in [0.15, 0.2) is 0 Å². The molecular formula is C16H29N3O. The van der Waals surface area contributed by atoms with Crippen molar-refractivity contribution in [3.05, 3.63) is 18.2 Å². The molecule has 1 unspecified atom stereocenters. The summed E-state index contributed by atoms with van der Waals surface area (Å²) in [5, 5.41) is 3.50. The van der Waals surface area contributed by atoms with Crippen LogP contribution in [0.15, 0.2) is 12.4 Å². The summed E-state index contributed by atoms with van der Waals surface area (Å²) in [6, 6.07) is 0.330. The van der Waals surface area contributed by atoms with Crippen LogP contribution in [0.1, 0.15) is 45.4 Å². The molecule has 1 aromatic heterocycles. The van der Waals surface area contributed by atoms with Gasteiger partial charge in [0.1, 0.15) is 5.82 Å². The fourth-order valence-electron chi connectivity index (χ4n) is 3.46. The minimum atomic E-state index is -0.0258. The van der Waals surface area contributed by atoms with Crippen LogP contribution in [0.5, 0.6) is 0 Å². The number of likely N-dealkylation sites (N-methyl/N-ethyl adjacent to an activating group) is 1. The zero-order chi connectivity index (χ0) is 14.6. The van der Waals surface area contributed by atoms with Gasteiger partial charge in [0, 0.05) is 38.5 Å². The third-order valence-corrected chi connectivity index (χ3v) is 4.84. The minimum absolute atomic E-state index is 0.0258. The molecule has 0 bridgehead atoms. The zero-order valence-corrected chi connectivity index (χ0v) is 13.4. The highest BCUT2D eigenvalue weighted by Crippen LogP contribution is 2.38. The fourth-order valence-corrected chi connectivity index (χ4v) is 3.46. The quantitative estimate of drug-likeness (QED) is 0.870. The summed E-state index contributed by atoms with van der Waals surface area (Å²) < 4.78 is 8.37. The van der Waals surface area contributed by atoms with Gasteiger partial charge in [-0.15, -0.1) is 0 Å². The Bertz CT molecular complexity index is 408. The Kier molecular flexibility index (Phi) is 5.22. The summed E-state index contributed by atoms with van der Waals surface area (Å²) >= 11 is 0. The molecule has 1 aliphatic carbocycles. The first-order valence-corrected chi connectivity index (χ1v) is 7.88. The lowest BCUT2D eigenvalue weighted by Crippen LogP contribution is -2.54. The Morgan fingerprint density at radius 1 is 1.50 bits per heavy atom. The van der Waals surface area contributed by atoms with E-state index >= 15 is 0 Å². The van der Waals surface area contributed by atoms with E-state index < -0.39 is 0 Å². The highest BCUT2D eigenvalue weighted by atomic mass is 16.5.